The van der Waals surface area contributed by atoms with Crippen molar-refractivity contribution in [1.29, 1.82) is 0 Å². The molecule has 0 bridgehead atoms. The highest BCUT2D eigenvalue weighted by Gasteiger charge is 2.13. The van der Waals surface area contributed by atoms with E-state index in [2.05, 4.69) is 15.2 Å². The molecule has 0 radical (unpaired) electrons. The number of aromatic amines is 1. The van der Waals surface area contributed by atoms with E-state index in [1.807, 2.05) is 26.8 Å². The smallest absolute Gasteiger partial charge is 0.181 e. The fraction of sp³-hybridized carbons (Fsp3) is 0.333. The van der Waals surface area contributed by atoms with Gasteiger partial charge in [0.2, 0.25) is 0 Å². The van der Waals surface area contributed by atoms with E-state index in [1.165, 1.54) is 0 Å². The number of hydrogen-bond acceptors (Lipinski definition) is 2. The van der Waals surface area contributed by atoms with Gasteiger partial charge in [0, 0.05) is 5.56 Å². The number of nitrogens with zero attached hydrogens (tertiary/aromatic N) is 2. The van der Waals surface area contributed by atoms with Crippen LogP contribution in [0.2, 0.25) is 0 Å². The van der Waals surface area contributed by atoms with Gasteiger partial charge in [0.25, 0.3) is 0 Å². The van der Waals surface area contributed by atoms with Gasteiger partial charge in [-0.05, 0) is 43.5 Å². The number of aryl methyl sites for hydroxylation is 2. The van der Waals surface area contributed by atoms with Crippen LogP contribution in [0.1, 0.15) is 23.9 Å². The minimum Gasteiger partial charge on any atom is -0.263 e. The van der Waals surface area contributed by atoms with Gasteiger partial charge in [0.15, 0.2) is 5.82 Å². The van der Waals surface area contributed by atoms with Crippen LogP contribution in [0, 0.1) is 19.7 Å². The molecule has 1 aromatic carbocycles. The summed E-state index contributed by atoms with van der Waals surface area (Å²) in [5.41, 5.74) is 2.33. The largest absolute Gasteiger partial charge is 0.263 e. The molecular formula is C12H14FN3. The molecule has 0 unspecified atom stereocenters. The van der Waals surface area contributed by atoms with Gasteiger partial charge < -0.3 is 0 Å². The highest BCUT2D eigenvalue weighted by molar-refractivity contribution is 5.61. The predicted molar refractivity (Wildman–Crippen MR) is 60.6 cm³/mol. The van der Waals surface area contributed by atoms with E-state index >= 15 is 0 Å². The van der Waals surface area contributed by atoms with Crippen molar-refractivity contribution in [2.45, 2.75) is 27.2 Å². The van der Waals surface area contributed by atoms with Crippen molar-refractivity contribution >= 4 is 0 Å². The number of benzene rings is 1. The van der Waals surface area contributed by atoms with Crippen LogP contribution >= 0.6 is 0 Å². The molecule has 0 amide bonds. The summed E-state index contributed by atoms with van der Waals surface area (Å²) in [7, 11) is 0. The molecule has 84 valence electrons. The molecular weight excluding hydrogens is 205 g/mol. The Balaban J connectivity index is 2.63. The third kappa shape index (κ3) is 1.83. The molecule has 4 heteroatoms. The maximum absolute atomic E-state index is 13.7. The summed E-state index contributed by atoms with van der Waals surface area (Å²) in [6, 6.07) is 3.46. The monoisotopic (exact) mass is 219 g/mol. The van der Waals surface area contributed by atoms with Crippen LogP contribution in [-0.4, -0.2) is 15.2 Å². The lowest BCUT2D eigenvalue weighted by Crippen LogP contribution is -1.95. The SMILES string of the molecule is CCc1c(F)cc(C)cc1-c1n[nH]c(C)n1. The topological polar surface area (TPSA) is 41.6 Å². The van der Waals surface area contributed by atoms with Crippen LogP contribution in [-0.2, 0) is 6.42 Å². The van der Waals surface area contributed by atoms with Crippen LogP contribution < -0.4 is 0 Å². The lowest BCUT2D eigenvalue weighted by atomic mass is 10.0. The van der Waals surface area contributed by atoms with Crippen LogP contribution in [0.4, 0.5) is 4.39 Å². The molecule has 2 rings (SSSR count). The minimum absolute atomic E-state index is 0.181. The molecule has 0 saturated heterocycles. The Labute approximate surface area is 93.7 Å². The lowest BCUT2D eigenvalue weighted by molar-refractivity contribution is 0.611. The van der Waals surface area contributed by atoms with Gasteiger partial charge in [-0.25, -0.2) is 9.37 Å². The van der Waals surface area contributed by atoms with Gasteiger partial charge in [-0.3, -0.25) is 5.10 Å². The first-order valence-corrected chi connectivity index (χ1v) is 5.30. The molecule has 16 heavy (non-hydrogen) atoms. The van der Waals surface area contributed by atoms with Crippen molar-refractivity contribution in [2.75, 3.05) is 0 Å². The minimum atomic E-state index is -0.181. The molecule has 1 aromatic heterocycles. The number of H-pyrrole nitrogens is 1. The van der Waals surface area contributed by atoms with Crippen molar-refractivity contribution in [3.05, 3.63) is 34.9 Å². The fourth-order valence-electron chi connectivity index (χ4n) is 1.79. The van der Waals surface area contributed by atoms with E-state index in [0.29, 0.717) is 17.8 Å². The summed E-state index contributed by atoms with van der Waals surface area (Å²) in [5.74, 6) is 1.12. The Kier molecular flexibility index (Phi) is 2.73. The van der Waals surface area contributed by atoms with Crippen LogP contribution in [0.25, 0.3) is 11.4 Å². The zero-order valence-corrected chi connectivity index (χ0v) is 9.63. The molecule has 0 aliphatic carbocycles. The first kappa shape index (κ1) is 10.8. The first-order chi connectivity index (χ1) is 7.61. The van der Waals surface area contributed by atoms with Crippen LogP contribution in [0.5, 0.6) is 0 Å². The van der Waals surface area contributed by atoms with Gasteiger partial charge in [0.1, 0.15) is 11.6 Å². The quantitative estimate of drug-likeness (QED) is 0.843. The Bertz CT molecular complexity index is 517. The van der Waals surface area contributed by atoms with Crippen molar-refractivity contribution in [3.8, 4) is 11.4 Å². The Morgan fingerprint density at radius 1 is 1.31 bits per heavy atom. The van der Waals surface area contributed by atoms with Gasteiger partial charge >= 0.3 is 0 Å². The number of aromatic nitrogens is 3. The second kappa shape index (κ2) is 4.04. The highest BCUT2D eigenvalue weighted by atomic mass is 19.1. The summed E-state index contributed by atoms with van der Waals surface area (Å²) in [5, 5.41) is 6.85. The van der Waals surface area contributed by atoms with Crippen molar-refractivity contribution in [1.82, 2.24) is 15.2 Å². The van der Waals surface area contributed by atoms with E-state index in [0.717, 1.165) is 17.0 Å². The molecule has 0 saturated carbocycles. The van der Waals surface area contributed by atoms with Crippen molar-refractivity contribution < 1.29 is 4.39 Å². The predicted octanol–water partition coefficient (Wildman–Crippen LogP) is 2.79. The van der Waals surface area contributed by atoms with E-state index in [1.54, 1.807) is 6.07 Å². The Morgan fingerprint density at radius 3 is 2.62 bits per heavy atom. The van der Waals surface area contributed by atoms with Gasteiger partial charge in [-0.15, -0.1) is 0 Å². The van der Waals surface area contributed by atoms with Crippen molar-refractivity contribution in [3.63, 3.8) is 0 Å². The number of halogens is 1. The van der Waals surface area contributed by atoms with Gasteiger partial charge in [-0.2, -0.15) is 5.10 Å². The number of rotatable bonds is 2. The maximum Gasteiger partial charge on any atom is 0.181 e. The molecule has 3 nitrogen and oxygen atoms in total. The van der Waals surface area contributed by atoms with Gasteiger partial charge in [-0.1, -0.05) is 6.92 Å². The average Bonchev–Trinajstić information content (AvgIpc) is 2.63. The van der Waals surface area contributed by atoms with E-state index in [4.69, 9.17) is 0 Å². The molecule has 0 aliphatic rings. The molecule has 2 aromatic rings. The van der Waals surface area contributed by atoms with Crippen LogP contribution in [0.3, 0.4) is 0 Å². The second-order valence-electron chi connectivity index (χ2n) is 3.87. The summed E-state index contributed by atoms with van der Waals surface area (Å²) >= 11 is 0. The third-order valence-corrected chi connectivity index (χ3v) is 2.53. The summed E-state index contributed by atoms with van der Waals surface area (Å²) < 4.78 is 13.7. The van der Waals surface area contributed by atoms with Crippen LogP contribution in [0.15, 0.2) is 12.1 Å². The molecule has 0 spiro atoms. The molecule has 0 atom stereocenters. The summed E-state index contributed by atoms with van der Waals surface area (Å²) in [4.78, 5) is 4.24. The molecule has 0 aliphatic heterocycles. The van der Waals surface area contributed by atoms with Crippen molar-refractivity contribution in [2.24, 2.45) is 0 Å². The fourth-order valence-corrected chi connectivity index (χ4v) is 1.79. The molecule has 1 heterocycles. The highest BCUT2D eigenvalue weighted by Crippen LogP contribution is 2.25. The number of nitrogens with one attached hydrogen (secondary N) is 1. The average molecular weight is 219 g/mol. The zero-order chi connectivity index (χ0) is 11.7. The first-order valence-electron chi connectivity index (χ1n) is 5.30. The standard InChI is InChI=1S/C12H14FN3/c1-4-9-10(5-7(2)6-11(9)13)12-14-8(3)15-16-12/h5-6H,4H2,1-3H3,(H,14,15,16). The molecule has 0 fully saturated rings. The van der Waals surface area contributed by atoms with E-state index in [9.17, 15) is 4.39 Å². The number of hydrogen-bond donors (Lipinski definition) is 1. The second-order valence-corrected chi connectivity index (χ2v) is 3.87. The normalized spacial score (nSPS) is 10.8. The summed E-state index contributed by atoms with van der Waals surface area (Å²) in [6.45, 7) is 5.62. The summed E-state index contributed by atoms with van der Waals surface area (Å²) in [6.07, 6.45) is 0.634. The Morgan fingerprint density at radius 2 is 2.06 bits per heavy atom. The maximum atomic E-state index is 13.7. The lowest BCUT2D eigenvalue weighted by Gasteiger charge is -2.07. The van der Waals surface area contributed by atoms with E-state index < -0.39 is 0 Å². The Hall–Kier alpha value is -1.71. The molecule has 1 N–H and O–H groups in total. The van der Waals surface area contributed by atoms with E-state index in [-0.39, 0.29) is 5.82 Å². The van der Waals surface area contributed by atoms with Gasteiger partial charge in [0.05, 0.1) is 0 Å². The third-order valence-electron chi connectivity index (χ3n) is 2.53. The zero-order valence-electron chi connectivity index (χ0n) is 9.63.